The summed E-state index contributed by atoms with van der Waals surface area (Å²) in [7, 11) is 3.57. The van der Waals surface area contributed by atoms with Gasteiger partial charge in [-0.05, 0) is 37.5 Å². The topological polar surface area (TPSA) is 60.0 Å². The van der Waals surface area contributed by atoms with E-state index in [0.29, 0.717) is 23.9 Å². The Labute approximate surface area is 158 Å². The molecule has 0 aromatic carbocycles. The van der Waals surface area contributed by atoms with Crippen molar-refractivity contribution in [1.29, 1.82) is 0 Å². The van der Waals surface area contributed by atoms with Gasteiger partial charge in [-0.2, -0.15) is 0 Å². The van der Waals surface area contributed by atoms with E-state index in [1.54, 1.807) is 19.0 Å². The first-order valence-electron chi connectivity index (χ1n) is 10.5. The average Bonchev–Trinajstić information content (AvgIpc) is 3.39. The second-order valence-corrected chi connectivity index (χ2v) is 8.88. The molecule has 0 bridgehead atoms. The van der Waals surface area contributed by atoms with Crippen molar-refractivity contribution < 1.29 is 4.79 Å². The van der Waals surface area contributed by atoms with Gasteiger partial charge < -0.3 is 15.5 Å². The molecule has 2 saturated carbocycles. The lowest BCUT2D eigenvalue weighted by molar-refractivity contribution is -0.127. The second kappa shape index (κ2) is 8.59. The highest BCUT2D eigenvalue weighted by Crippen LogP contribution is 2.31. The number of carbonyl (C=O) groups excluding carboxylic acids is 1. The van der Waals surface area contributed by atoms with Crippen LogP contribution in [0, 0.1) is 11.8 Å². The van der Waals surface area contributed by atoms with Crippen LogP contribution in [0.3, 0.4) is 0 Å². The summed E-state index contributed by atoms with van der Waals surface area (Å²) in [5, 5.41) is 7.32. The Morgan fingerprint density at radius 3 is 2.35 bits per heavy atom. The summed E-state index contributed by atoms with van der Waals surface area (Å²) in [5.41, 5.74) is 0. The molecule has 4 unspecified atom stereocenters. The van der Waals surface area contributed by atoms with E-state index >= 15 is 0 Å². The van der Waals surface area contributed by atoms with Crippen molar-refractivity contribution in [2.75, 3.05) is 33.7 Å². The summed E-state index contributed by atoms with van der Waals surface area (Å²) >= 11 is 0. The third-order valence-corrected chi connectivity index (χ3v) is 6.33. The molecule has 4 atom stereocenters. The van der Waals surface area contributed by atoms with Gasteiger partial charge in [0, 0.05) is 45.3 Å². The molecule has 3 fully saturated rings. The van der Waals surface area contributed by atoms with Crippen molar-refractivity contribution in [3.8, 4) is 0 Å². The van der Waals surface area contributed by atoms with Crippen LogP contribution in [0.25, 0.3) is 0 Å². The first-order chi connectivity index (χ1) is 12.4. The maximum Gasteiger partial charge on any atom is 0.243 e. The van der Waals surface area contributed by atoms with Crippen LogP contribution in [0.2, 0.25) is 0 Å². The summed E-state index contributed by atoms with van der Waals surface area (Å²) in [6.07, 6.45) is 7.79. The number of hydrogen-bond acceptors (Lipinski definition) is 3. The third-order valence-electron chi connectivity index (χ3n) is 6.33. The number of amides is 1. The highest BCUT2D eigenvalue weighted by Gasteiger charge is 2.38. The molecule has 2 aliphatic carbocycles. The number of nitrogens with one attached hydrogen (secondary N) is 2. The van der Waals surface area contributed by atoms with Gasteiger partial charge in [-0.1, -0.05) is 26.7 Å². The van der Waals surface area contributed by atoms with E-state index < -0.39 is 0 Å². The first-order valence-corrected chi connectivity index (χ1v) is 10.5. The number of carbonyl (C=O) groups is 1. The molecule has 0 aromatic rings. The number of guanidine groups is 1. The summed E-state index contributed by atoms with van der Waals surface area (Å²) in [6.45, 7) is 7.12. The summed E-state index contributed by atoms with van der Waals surface area (Å²) in [4.78, 5) is 20.9. The van der Waals surface area contributed by atoms with Crippen molar-refractivity contribution >= 4 is 11.9 Å². The van der Waals surface area contributed by atoms with Crippen molar-refractivity contribution in [3.63, 3.8) is 0 Å². The zero-order valence-corrected chi connectivity index (χ0v) is 17.0. The lowest BCUT2D eigenvalue weighted by Gasteiger charge is -2.32. The van der Waals surface area contributed by atoms with Crippen LogP contribution in [-0.4, -0.2) is 73.5 Å². The molecule has 148 valence electrons. The molecular formula is C20H37N5O. The van der Waals surface area contributed by atoms with Gasteiger partial charge in [-0.25, -0.2) is 4.99 Å². The van der Waals surface area contributed by atoms with Crippen LogP contribution in [-0.2, 0) is 4.79 Å². The monoisotopic (exact) mass is 363 g/mol. The van der Waals surface area contributed by atoms with E-state index in [-0.39, 0.29) is 12.5 Å². The van der Waals surface area contributed by atoms with Crippen molar-refractivity contribution in [3.05, 3.63) is 0 Å². The van der Waals surface area contributed by atoms with Crippen LogP contribution >= 0.6 is 0 Å². The molecule has 1 aliphatic heterocycles. The summed E-state index contributed by atoms with van der Waals surface area (Å²) in [5.74, 6) is 2.13. The van der Waals surface area contributed by atoms with Crippen LogP contribution < -0.4 is 10.6 Å². The Balaban J connectivity index is 1.63. The highest BCUT2D eigenvalue weighted by molar-refractivity contribution is 5.85. The minimum absolute atomic E-state index is 0.0434. The average molecular weight is 364 g/mol. The number of likely N-dealkylation sites (tertiary alicyclic amines) is 1. The summed E-state index contributed by atoms with van der Waals surface area (Å²) in [6, 6.07) is 1.68. The molecule has 0 radical (unpaired) electrons. The zero-order valence-electron chi connectivity index (χ0n) is 17.0. The van der Waals surface area contributed by atoms with E-state index in [1.807, 2.05) is 0 Å². The maximum absolute atomic E-state index is 12.0. The number of rotatable bonds is 5. The van der Waals surface area contributed by atoms with Crippen molar-refractivity contribution in [2.45, 2.75) is 70.5 Å². The van der Waals surface area contributed by atoms with E-state index in [2.05, 4.69) is 34.4 Å². The molecule has 1 amide bonds. The zero-order chi connectivity index (χ0) is 18.7. The van der Waals surface area contributed by atoms with Crippen molar-refractivity contribution in [2.24, 2.45) is 16.8 Å². The fraction of sp³-hybridized carbons (Fsp3) is 0.900. The van der Waals surface area contributed by atoms with Crippen LogP contribution in [0.5, 0.6) is 0 Å². The number of aliphatic imine (C=N–C) groups is 1. The van der Waals surface area contributed by atoms with E-state index in [4.69, 9.17) is 0 Å². The molecule has 1 heterocycles. The highest BCUT2D eigenvalue weighted by atomic mass is 16.2. The molecule has 1 saturated heterocycles. The lowest BCUT2D eigenvalue weighted by atomic mass is 9.86. The Bertz CT molecular complexity index is 516. The fourth-order valence-corrected chi connectivity index (χ4v) is 4.23. The fourth-order valence-electron chi connectivity index (χ4n) is 4.23. The first kappa shape index (κ1) is 19.5. The van der Waals surface area contributed by atoms with Gasteiger partial charge in [0.15, 0.2) is 5.96 Å². The molecular weight excluding hydrogens is 326 g/mol. The smallest absolute Gasteiger partial charge is 0.243 e. The molecule has 0 aromatic heterocycles. The van der Waals surface area contributed by atoms with Gasteiger partial charge in [0.05, 0.1) is 0 Å². The predicted molar refractivity (Wildman–Crippen MR) is 106 cm³/mol. The molecule has 3 rings (SSSR count). The number of nitrogens with zero attached hydrogens (tertiary/aromatic N) is 3. The molecule has 6 heteroatoms. The largest absolute Gasteiger partial charge is 0.353 e. The van der Waals surface area contributed by atoms with Crippen LogP contribution in [0.4, 0.5) is 0 Å². The minimum Gasteiger partial charge on any atom is -0.353 e. The minimum atomic E-state index is 0.0434. The van der Waals surface area contributed by atoms with E-state index in [0.717, 1.165) is 18.5 Å². The lowest BCUT2D eigenvalue weighted by Crippen LogP contribution is -2.52. The van der Waals surface area contributed by atoms with Gasteiger partial charge in [0.25, 0.3) is 0 Å². The Morgan fingerprint density at radius 1 is 1.00 bits per heavy atom. The quantitative estimate of drug-likeness (QED) is 0.576. The maximum atomic E-state index is 12.0. The number of likely N-dealkylation sites (N-methyl/N-ethyl adjacent to an activating group) is 1. The van der Waals surface area contributed by atoms with Gasteiger partial charge in [-0.3, -0.25) is 9.69 Å². The Morgan fingerprint density at radius 2 is 1.69 bits per heavy atom. The SMILES string of the molecule is CC1CCCCC1NC(=NCC(=O)N(C)C)NC1CN(C2CC2)CC1C. The molecule has 2 N–H and O–H groups in total. The standard InChI is InChI=1S/C20H37N5O/c1-14-7-5-6-8-17(14)22-20(21-11-19(26)24(3)4)23-18-13-25(12-15(18)2)16-9-10-16/h14-18H,5-13H2,1-4H3,(H2,21,22,23). The molecule has 6 nitrogen and oxygen atoms in total. The Kier molecular flexibility index (Phi) is 6.43. The van der Waals surface area contributed by atoms with Gasteiger partial charge in [0.2, 0.25) is 5.91 Å². The normalized spacial score (nSPS) is 33.2. The van der Waals surface area contributed by atoms with Crippen LogP contribution in [0.1, 0.15) is 52.4 Å². The third kappa shape index (κ3) is 5.12. The van der Waals surface area contributed by atoms with E-state index in [1.165, 1.54) is 45.1 Å². The van der Waals surface area contributed by atoms with E-state index in [9.17, 15) is 4.79 Å². The summed E-state index contributed by atoms with van der Waals surface area (Å²) < 4.78 is 0. The molecule has 26 heavy (non-hydrogen) atoms. The Hall–Kier alpha value is -1.30. The van der Waals surface area contributed by atoms with Gasteiger partial charge in [0.1, 0.15) is 6.54 Å². The molecule has 3 aliphatic rings. The van der Waals surface area contributed by atoms with Gasteiger partial charge >= 0.3 is 0 Å². The van der Waals surface area contributed by atoms with Gasteiger partial charge in [-0.15, -0.1) is 0 Å². The molecule has 0 spiro atoms. The number of hydrogen-bond donors (Lipinski definition) is 2. The second-order valence-electron chi connectivity index (χ2n) is 8.88. The van der Waals surface area contributed by atoms with Crippen molar-refractivity contribution in [1.82, 2.24) is 20.4 Å². The predicted octanol–water partition coefficient (Wildman–Crippen LogP) is 1.67. The van der Waals surface area contributed by atoms with Crippen LogP contribution in [0.15, 0.2) is 4.99 Å².